The zero-order valence-corrected chi connectivity index (χ0v) is 18.2. The smallest absolute Gasteiger partial charge is 0.257 e. The normalized spacial score (nSPS) is 15.9. The fourth-order valence-electron chi connectivity index (χ4n) is 3.52. The van der Waals surface area contributed by atoms with Gasteiger partial charge >= 0.3 is 0 Å². The second kappa shape index (κ2) is 10.9. The van der Waals surface area contributed by atoms with Crippen LogP contribution in [0.2, 0.25) is 5.02 Å². The molecule has 8 heteroatoms. The minimum Gasteiger partial charge on any atom is -0.383 e. The first-order valence-electron chi connectivity index (χ1n) is 10.2. The Morgan fingerprint density at radius 2 is 1.87 bits per heavy atom. The number of carbonyl (C=O) groups is 3. The van der Waals surface area contributed by atoms with Crippen LogP contribution in [0.1, 0.15) is 33.6 Å². The molecule has 0 spiro atoms. The number of methoxy groups -OCH3 is 1. The highest BCUT2D eigenvalue weighted by atomic mass is 35.5. The summed E-state index contributed by atoms with van der Waals surface area (Å²) in [6.45, 7) is 1.93. The lowest BCUT2D eigenvalue weighted by Gasteiger charge is -2.32. The van der Waals surface area contributed by atoms with E-state index in [0.29, 0.717) is 48.1 Å². The summed E-state index contributed by atoms with van der Waals surface area (Å²) in [5.74, 6) is -0.711. The molecule has 2 aromatic carbocycles. The van der Waals surface area contributed by atoms with Crippen LogP contribution >= 0.6 is 11.6 Å². The third-order valence-electron chi connectivity index (χ3n) is 5.19. The number of nitrogens with zero attached hydrogens (tertiary/aromatic N) is 1. The highest BCUT2D eigenvalue weighted by Crippen LogP contribution is 2.21. The Morgan fingerprint density at radius 1 is 1.13 bits per heavy atom. The van der Waals surface area contributed by atoms with Crippen molar-refractivity contribution in [2.24, 2.45) is 5.92 Å². The van der Waals surface area contributed by atoms with Crippen molar-refractivity contribution < 1.29 is 19.1 Å². The molecule has 0 saturated carbocycles. The fourth-order valence-corrected chi connectivity index (χ4v) is 3.74. The minimum absolute atomic E-state index is 0.0489. The number of amides is 3. The minimum atomic E-state index is -0.317. The second-order valence-corrected chi connectivity index (χ2v) is 7.79. The van der Waals surface area contributed by atoms with Gasteiger partial charge in [-0.05, 0) is 49.2 Å². The molecule has 0 aromatic heterocycles. The van der Waals surface area contributed by atoms with Crippen LogP contribution in [0.4, 0.5) is 5.69 Å². The maximum absolute atomic E-state index is 12.9. The number of rotatable bonds is 7. The highest BCUT2D eigenvalue weighted by Gasteiger charge is 2.28. The molecule has 1 heterocycles. The van der Waals surface area contributed by atoms with Gasteiger partial charge in [-0.25, -0.2) is 0 Å². The van der Waals surface area contributed by atoms with Crippen LogP contribution in [0.15, 0.2) is 48.5 Å². The van der Waals surface area contributed by atoms with E-state index in [1.165, 1.54) is 0 Å². The van der Waals surface area contributed by atoms with Gasteiger partial charge in [-0.2, -0.15) is 0 Å². The molecule has 2 aromatic rings. The Hall–Kier alpha value is -2.90. The summed E-state index contributed by atoms with van der Waals surface area (Å²) in [6, 6.07) is 13.5. The highest BCUT2D eigenvalue weighted by molar-refractivity contribution is 6.34. The van der Waals surface area contributed by atoms with Crippen LogP contribution in [0.25, 0.3) is 0 Å². The zero-order valence-electron chi connectivity index (χ0n) is 17.4. The molecule has 1 atom stereocenters. The molecule has 1 saturated heterocycles. The third kappa shape index (κ3) is 6.06. The Labute approximate surface area is 186 Å². The van der Waals surface area contributed by atoms with Gasteiger partial charge in [-0.1, -0.05) is 23.7 Å². The summed E-state index contributed by atoms with van der Waals surface area (Å²) in [6.07, 6.45) is 1.54. The van der Waals surface area contributed by atoms with E-state index in [1.54, 1.807) is 60.5 Å². The summed E-state index contributed by atoms with van der Waals surface area (Å²) in [5, 5.41) is 6.00. The van der Waals surface area contributed by atoms with E-state index in [4.69, 9.17) is 16.3 Å². The van der Waals surface area contributed by atoms with Crippen molar-refractivity contribution in [3.05, 3.63) is 64.7 Å². The predicted molar refractivity (Wildman–Crippen MR) is 119 cm³/mol. The van der Waals surface area contributed by atoms with Gasteiger partial charge in [0, 0.05) is 38.0 Å². The number of ether oxygens (including phenoxy) is 1. The molecule has 0 radical (unpaired) electrons. The molecule has 2 N–H and O–H groups in total. The molecule has 0 bridgehead atoms. The average Bonchev–Trinajstić information content (AvgIpc) is 2.79. The number of hydrogen-bond acceptors (Lipinski definition) is 4. The number of piperidine rings is 1. The first-order valence-corrected chi connectivity index (χ1v) is 10.6. The SMILES string of the molecule is COCCNC(=O)[C@H]1CCCN(C(=O)c2ccc(NC(=O)c3ccccc3Cl)cc2)C1. The van der Waals surface area contributed by atoms with Crippen LogP contribution in [-0.2, 0) is 9.53 Å². The standard InChI is InChI=1S/C23H26ClN3O4/c1-31-14-12-25-21(28)17-5-4-13-27(15-17)23(30)16-8-10-18(11-9-16)26-22(29)19-6-2-3-7-20(19)24/h2-3,6-11,17H,4-5,12-15H2,1H3,(H,25,28)(H,26,29)/t17-/m0/s1. The molecule has 0 aliphatic carbocycles. The number of carbonyl (C=O) groups excluding carboxylic acids is 3. The van der Waals surface area contributed by atoms with Crippen molar-refractivity contribution in [1.82, 2.24) is 10.2 Å². The molecule has 3 rings (SSSR count). The average molecular weight is 444 g/mol. The van der Waals surface area contributed by atoms with E-state index in [2.05, 4.69) is 10.6 Å². The van der Waals surface area contributed by atoms with E-state index >= 15 is 0 Å². The first-order chi connectivity index (χ1) is 15.0. The maximum Gasteiger partial charge on any atom is 0.257 e. The summed E-state index contributed by atoms with van der Waals surface area (Å²) >= 11 is 6.06. The Balaban J connectivity index is 1.59. The number of benzene rings is 2. The van der Waals surface area contributed by atoms with E-state index in [0.717, 1.165) is 12.8 Å². The monoisotopic (exact) mass is 443 g/mol. The molecule has 164 valence electrons. The molecule has 1 aliphatic heterocycles. The van der Waals surface area contributed by atoms with E-state index in [-0.39, 0.29) is 23.6 Å². The second-order valence-electron chi connectivity index (χ2n) is 7.39. The van der Waals surface area contributed by atoms with E-state index in [1.807, 2.05) is 0 Å². The molecule has 1 aliphatic rings. The van der Waals surface area contributed by atoms with Crippen LogP contribution < -0.4 is 10.6 Å². The molecule has 0 unspecified atom stereocenters. The molecular formula is C23H26ClN3O4. The lowest BCUT2D eigenvalue weighted by Crippen LogP contribution is -2.45. The summed E-state index contributed by atoms with van der Waals surface area (Å²) in [4.78, 5) is 39.3. The van der Waals surface area contributed by atoms with Gasteiger partial charge in [0.2, 0.25) is 5.91 Å². The number of likely N-dealkylation sites (tertiary alicyclic amines) is 1. The Kier molecular flexibility index (Phi) is 8.03. The van der Waals surface area contributed by atoms with Crippen LogP contribution in [-0.4, -0.2) is 56.0 Å². The Morgan fingerprint density at radius 3 is 2.58 bits per heavy atom. The van der Waals surface area contributed by atoms with E-state index in [9.17, 15) is 14.4 Å². The zero-order chi connectivity index (χ0) is 22.2. The van der Waals surface area contributed by atoms with E-state index < -0.39 is 0 Å². The largest absolute Gasteiger partial charge is 0.383 e. The lowest BCUT2D eigenvalue weighted by atomic mass is 9.96. The van der Waals surface area contributed by atoms with Gasteiger partial charge in [0.15, 0.2) is 0 Å². The number of halogens is 1. The molecule has 31 heavy (non-hydrogen) atoms. The predicted octanol–water partition coefficient (Wildman–Crippen LogP) is 3.21. The summed E-state index contributed by atoms with van der Waals surface area (Å²) < 4.78 is 4.95. The third-order valence-corrected chi connectivity index (χ3v) is 5.52. The summed E-state index contributed by atoms with van der Waals surface area (Å²) in [7, 11) is 1.58. The Bertz CT molecular complexity index is 933. The van der Waals surface area contributed by atoms with Gasteiger partial charge < -0.3 is 20.3 Å². The number of hydrogen-bond donors (Lipinski definition) is 2. The van der Waals surface area contributed by atoms with Gasteiger partial charge in [-0.3, -0.25) is 14.4 Å². The van der Waals surface area contributed by atoms with Crippen molar-refractivity contribution >= 4 is 35.0 Å². The van der Waals surface area contributed by atoms with Crippen molar-refractivity contribution in [1.29, 1.82) is 0 Å². The molecule has 7 nitrogen and oxygen atoms in total. The van der Waals surface area contributed by atoms with Crippen LogP contribution in [0.3, 0.4) is 0 Å². The lowest BCUT2D eigenvalue weighted by molar-refractivity contribution is -0.126. The van der Waals surface area contributed by atoms with Crippen molar-refractivity contribution in [2.75, 3.05) is 38.7 Å². The fraction of sp³-hybridized carbons (Fsp3) is 0.348. The van der Waals surface area contributed by atoms with Crippen molar-refractivity contribution in [2.45, 2.75) is 12.8 Å². The van der Waals surface area contributed by atoms with Gasteiger partial charge in [0.05, 0.1) is 23.1 Å². The number of anilines is 1. The first kappa shape index (κ1) is 22.8. The van der Waals surface area contributed by atoms with Gasteiger partial charge in [0.25, 0.3) is 11.8 Å². The molecule has 1 fully saturated rings. The topological polar surface area (TPSA) is 87.7 Å². The quantitative estimate of drug-likeness (QED) is 0.643. The van der Waals surface area contributed by atoms with Crippen LogP contribution in [0.5, 0.6) is 0 Å². The maximum atomic E-state index is 12.9. The van der Waals surface area contributed by atoms with Crippen molar-refractivity contribution in [3.8, 4) is 0 Å². The summed E-state index contributed by atoms with van der Waals surface area (Å²) in [5.41, 5.74) is 1.46. The van der Waals surface area contributed by atoms with Gasteiger partial charge in [-0.15, -0.1) is 0 Å². The number of nitrogens with one attached hydrogen (secondary N) is 2. The molecule has 3 amide bonds. The van der Waals surface area contributed by atoms with Crippen LogP contribution in [0, 0.1) is 5.92 Å². The molecular weight excluding hydrogens is 418 g/mol. The van der Waals surface area contributed by atoms with Gasteiger partial charge in [0.1, 0.15) is 0 Å². The van der Waals surface area contributed by atoms with Crippen molar-refractivity contribution in [3.63, 3.8) is 0 Å².